The van der Waals surface area contributed by atoms with Gasteiger partial charge in [0.1, 0.15) is 0 Å². The second-order valence-electron chi connectivity index (χ2n) is 4.28. The third kappa shape index (κ3) is 2.35. The third-order valence-corrected chi connectivity index (χ3v) is 3.19. The lowest BCUT2D eigenvalue weighted by Crippen LogP contribution is -2.30. The number of methoxy groups -OCH3 is 1. The summed E-state index contributed by atoms with van der Waals surface area (Å²) in [7, 11) is 1.37. The molecule has 1 aromatic rings. The molecule has 4 nitrogen and oxygen atoms in total. The minimum Gasteiger partial charge on any atom is -0.465 e. The molecule has 0 spiro atoms. The van der Waals surface area contributed by atoms with Gasteiger partial charge in [0.05, 0.1) is 24.0 Å². The SMILES string of the molecule is COC(=O)c1cccc(N2CCCCC2)c1N. The Hall–Kier alpha value is -1.71. The molecule has 0 bridgehead atoms. The van der Waals surface area contributed by atoms with Crippen LogP contribution in [-0.2, 0) is 4.74 Å². The fraction of sp³-hybridized carbons (Fsp3) is 0.462. The molecule has 1 aliphatic heterocycles. The van der Waals surface area contributed by atoms with Crippen LogP contribution in [-0.4, -0.2) is 26.2 Å². The molecule has 92 valence electrons. The summed E-state index contributed by atoms with van der Waals surface area (Å²) in [5.74, 6) is -0.374. The standard InChI is InChI=1S/C13H18N2O2/c1-17-13(16)10-6-5-7-11(12(10)14)15-8-3-2-4-9-15/h5-7H,2-4,8-9,14H2,1H3. The Morgan fingerprint density at radius 3 is 2.65 bits per heavy atom. The van der Waals surface area contributed by atoms with Crippen LogP contribution in [0.15, 0.2) is 18.2 Å². The number of esters is 1. The van der Waals surface area contributed by atoms with E-state index in [1.165, 1.54) is 26.4 Å². The predicted octanol–water partition coefficient (Wildman–Crippen LogP) is 2.05. The number of carbonyl (C=O) groups excluding carboxylic acids is 1. The van der Waals surface area contributed by atoms with Crippen molar-refractivity contribution in [3.8, 4) is 0 Å². The number of anilines is 2. The molecule has 1 heterocycles. The molecule has 0 aromatic heterocycles. The zero-order valence-electron chi connectivity index (χ0n) is 10.1. The molecule has 1 aromatic carbocycles. The van der Waals surface area contributed by atoms with E-state index < -0.39 is 0 Å². The first-order valence-electron chi connectivity index (χ1n) is 5.96. The minimum absolute atomic E-state index is 0.374. The number of hydrogen-bond donors (Lipinski definition) is 1. The molecule has 17 heavy (non-hydrogen) atoms. The lowest BCUT2D eigenvalue weighted by molar-refractivity contribution is 0.0602. The van der Waals surface area contributed by atoms with Crippen LogP contribution >= 0.6 is 0 Å². The van der Waals surface area contributed by atoms with E-state index in [9.17, 15) is 4.79 Å². The van der Waals surface area contributed by atoms with Crippen molar-refractivity contribution in [2.24, 2.45) is 0 Å². The van der Waals surface area contributed by atoms with Crippen LogP contribution in [0.1, 0.15) is 29.6 Å². The van der Waals surface area contributed by atoms with Gasteiger partial charge in [0.2, 0.25) is 0 Å². The Labute approximate surface area is 101 Å². The summed E-state index contributed by atoms with van der Waals surface area (Å²) in [4.78, 5) is 13.8. The number of hydrogen-bond acceptors (Lipinski definition) is 4. The molecule has 0 amide bonds. The van der Waals surface area contributed by atoms with Gasteiger partial charge >= 0.3 is 5.97 Å². The number of benzene rings is 1. The van der Waals surface area contributed by atoms with E-state index in [-0.39, 0.29) is 5.97 Å². The minimum atomic E-state index is -0.374. The van der Waals surface area contributed by atoms with Gasteiger partial charge < -0.3 is 15.4 Å². The molecule has 2 N–H and O–H groups in total. The highest BCUT2D eigenvalue weighted by atomic mass is 16.5. The Bertz CT molecular complexity index is 412. The summed E-state index contributed by atoms with van der Waals surface area (Å²) >= 11 is 0. The maximum atomic E-state index is 11.5. The number of para-hydroxylation sites is 1. The van der Waals surface area contributed by atoms with Crippen LogP contribution in [0, 0.1) is 0 Å². The molecule has 4 heteroatoms. The van der Waals surface area contributed by atoms with Crippen molar-refractivity contribution in [1.29, 1.82) is 0 Å². The second kappa shape index (κ2) is 5.08. The van der Waals surface area contributed by atoms with Gasteiger partial charge in [-0.3, -0.25) is 0 Å². The largest absolute Gasteiger partial charge is 0.465 e. The Morgan fingerprint density at radius 1 is 1.29 bits per heavy atom. The van der Waals surface area contributed by atoms with Gasteiger partial charge in [0.15, 0.2) is 0 Å². The summed E-state index contributed by atoms with van der Waals surface area (Å²) in [5, 5.41) is 0. The van der Waals surface area contributed by atoms with Gasteiger partial charge in [-0.1, -0.05) is 6.07 Å². The molecule has 0 radical (unpaired) electrons. The molecule has 0 unspecified atom stereocenters. The fourth-order valence-corrected chi connectivity index (χ4v) is 2.25. The van der Waals surface area contributed by atoms with E-state index in [0.717, 1.165) is 18.8 Å². The number of carbonyl (C=O) groups is 1. The highest BCUT2D eigenvalue weighted by Crippen LogP contribution is 2.29. The molecule has 0 aliphatic carbocycles. The highest BCUT2D eigenvalue weighted by Gasteiger charge is 2.18. The van der Waals surface area contributed by atoms with Crippen LogP contribution in [0.25, 0.3) is 0 Å². The maximum absolute atomic E-state index is 11.5. The van der Waals surface area contributed by atoms with Gasteiger partial charge in [-0.25, -0.2) is 4.79 Å². The fourth-order valence-electron chi connectivity index (χ4n) is 2.25. The first-order chi connectivity index (χ1) is 8.24. The van der Waals surface area contributed by atoms with Crippen molar-refractivity contribution >= 4 is 17.3 Å². The van der Waals surface area contributed by atoms with Crippen LogP contribution in [0.5, 0.6) is 0 Å². The number of ether oxygens (including phenoxy) is 1. The molecule has 1 fully saturated rings. The summed E-state index contributed by atoms with van der Waals surface area (Å²) in [6.45, 7) is 2.02. The number of nitrogen functional groups attached to an aromatic ring is 1. The Morgan fingerprint density at radius 2 is 2.00 bits per heavy atom. The lowest BCUT2D eigenvalue weighted by atomic mass is 10.1. The van der Waals surface area contributed by atoms with E-state index in [4.69, 9.17) is 10.5 Å². The van der Waals surface area contributed by atoms with Crippen molar-refractivity contribution in [2.75, 3.05) is 30.8 Å². The number of rotatable bonds is 2. The first kappa shape index (κ1) is 11.8. The van der Waals surface area contributed by atoms with Gasteiger partial charge in [-0.15, -0.1) is 0 Å². The van der Waals surface area contributed by atoms with Crippen molar-refractivity contribution in [3.05, 3.63) is 23.8 Å². The molecule has 1 saturated heterocycles. The molecule has 2 rings (SSSR count). The third-order valence-electron chi connectivity index (χ3n) is 3.19. The van der Waals surface area contributed by atoms with E-state index in [0.29, 0.717) is 11.3 Å². The molecule has 1 aliphatic rings. The van der Waals surface area contributed by atoms with Gasteiger partial charge in [-0.2, -0.15) is 0 Å². The summed E-state index contributed by atoms with van der Waals surface area (Å²) < 4.78 is 4.72. The summed E-state index contributed by atoms with van der Waals surface area (Å²) in [5.41, 5.74) is 7.98. The van der Waals surface area contributed by atoms with Crippen molar-refractivity contribution < 1.29 is 9.53 Å². The lowest BCUT2D eigenvalue weighted by Gasteiger charge is -2.30. The predicted molar refractivity (Wildman–Crippen MR) is 68.3 cm³/mol. The molecular formula is C13H18N2O2. The number of piperidine rings is 1. The quantitative estimate of drug-likeness (QED) is 0.628. The normalized spacial score (nSPS) is 15.7. The van der Waals surface area contributed by atoms with Crippen LogP contribution in [0.3, 0.4) is 0 Å². The van der Waals surface area contributed by atoms with E-state index in [1.807, 2.05) is 12.1 Å². The molecule has 0 saturated carbocycles. The first-order valence-corrected chi connectivity index (χ1v) is 5.96. The average Bonchev–Trinajstić information content (AvgIpc) is 2.39. The number of nitrogens with zero attached hydrogens (tertiary/aromatic N) is 1. The van der Waals surface area contributed by atoms with E-state index in [2.05, 4.69) is 4.90 Å². The van der Waals surface area contributed by atoms with E-state index in [1.54, 1.807) is 6.07 Å². The summed E-state index contributed by atoms with van der Waals surface area (Å²) in [6, 6.07) is 5.52. The Balaban J connectivity index is 2.31. The van der Waals surface area contributed by atoms with Crippen LogP contribution < -0.4 is 10.6 Å². The smallest absolute Gasteiger partial charge is 0.340 e. The van der Waals surface area contributed by atoms with Gasteiger partial charge in [0.25, 0.3) is 0 Å². The average molecular weight is 234 g/mol. The van der Waals surface area contributed by atoms with Gasteiger partial charge in [0, 0.05) is 13.1 Å². The van der Waals surface area contributed by atoms with Crippen molar-refractivity contribution in [3.63, 3.8) is 0 Å². The summed E-state index contributed by atoms with van der Waals surface area (Å²) in [6.07, 6.45) is 3.64. The molecule has 0 atom stereocenters. The zero-order chi connectivity index (χ0) is 12.3. The van der Waals surface area contributed by atoms with Crippen LogP contribution in [0.4, 0.5) is 11.4 Å². The van der Waals surface area contributed by atoms with E-state index >= 15 is 0 Å². The monoisotopic (exact) mass is 234 g/mol. The van der Waals surface area contributed by atoms with Crippen molar-refractivity contribution in [2.45, 2.75) is 19.3 Å². The molecular weight excluding hydrogens is 216 g/mol. The van der Waals surface area contributed by atoms with Gasteiger partial charge in [-0.05, 0) is 31.4 Å². The second-order valence-corrected chi connectivity index (χ2v) is 4.28. The topological polar surface area (TPSA) is 55.6 Å². The highest BCUT2D eigenvalue weighted by molar-refractivity contribution is 5.98. The maximum Gasteiger partial charge on any atom is 0.340 e. The zero-order valence-corrected chi connectivity index (χ0v) is 10.1. The van der Waals surface area contributed by atoms with Crippen molar-refractivity contribution in [1.82, 2.24) is 0 Å². The van der Waals surface area contributed by atoms with Crippen LogP contribution in [0.2, 0.25) is 0 Å². The Kier molecular flexibility index (Phi) is 3.52. The number of nitrogens with two attached hydrogens (primary N) is 1.